The quantitative estimate of drug-likeness (QED) is 0.505. The summed E-state index contributed by atoms with van der Waals surface area (Å²) in [6.07, 6.45) is 6.12. The number of rotatable bonds is 7. The van der Waals surface area contributed by atoms with Crippen molar-refractivity contribution in [3.8, 4) is 0 Å². The Morgan fingerprint density at radius 2 is 1.81 bits per heavy atom. The number of aromatic nitrogens is 1. The van der Waals surface area contributed by atoms with Crippen LogP contribution in [-0.4, -0.2) is 29.1 Å². The van der Waals surface area contributed by atoms with E-state index in [9.17, 15) is 9.59 Å². The number of aromatic amines is 1. The SMILES string of the molecule is C[C@@H]1CCCC[C@H]1NC(=O)[C@H](Cc1c[nH]c2ccccc12)NC(=O)OCc1ccccc1. The summed E-state index contributed by atoms with van der Waals surface area (Å²) in [5, 5.41) is 7.05. The van der Waals surface area contributed by atoms with Crippen LogP contribution in [0.1, 0.15) is 43.7 Å². The Morgan fingerprint density at radius 1 is 1.06 bits per heavy atom. The molecule has 0 unspecified atom stereocenters. The lowest BCUT2D eigenvalue weighted by molar-refractivity contribution is -0.124. The van der Waals surface area contributed by atoms with Gasteiger partial charge in [0, 0.05) is 29.6 Å². The van der Waals surface area contributed by atoms with Crippen LogP contribution in [0, 0.1) is 5.92 Å². The molecule has 168 valence electrons. The summed E-state index contributed by atoms with van der Waals surface area (Å²) in [7, 11) is 0. The second kappa shape index (κ2) is 10.4. The highest BCUT2D eigenvalue weighted by Crippen LogP contribution is 2.24. The molecule has 2 amide bonds. The zero-order chi connectivity index (χ0) is 22.3. The summed E-state index contributed by atoms with van der Waals surface area (Å²) in [4.78, 5) is 29.0. The van der Waals surface area contributed by atoms with Gasteiger partial charge in [-0.15, -0.1) is 0 Å². The number of carbonyl (C=O) groups excluding carboxylic acids is 2. The Labute approximate surface area is 188 Å². The Bertz CT molecular complexity index is 1050. The summed E-state index contributed by atoms with van der Waals surface area (Å²) in [6.45, 7) is 2.34. The van der Waals surface area contributed by atoms with Gasteiger partial charge in [-0.25, -0.2) is 4.79 Å². The average molecular weight is 434 g/mol. The van der Waals surface area contributed by atoms with Gasteiger partial charge in [-0.3, -0.25) is 4.79 Å². The fourth-order valence-corrected chi connectivity index (χ4v) is 4.45. The number of hydrogen-bond donors (Lipinski definition) is 3. The molecule has 1 heterocycles. The maximum atomic E-state index is 13.2. The molecular weight excluding hydrogens is 402 g/mol. The second-order valence-corrected chi connectivity index (χ2v) is 8.70. The van der Waals surface area contributed by atoms with Crippen LogP contribution in [0.15, 0.2) is 60.8 Å². The smallest absolute Gasteiger partial charge is 0.408 e. The number of carbonyl (C=O) groups is 2. The largest absolute Gasteiger partial charge is 0.445 e. The van der Waals surface area contributed by atoms with E-state index in [4.69, 9.17) is 4.74 Å². The van der Waals surface area contributed by atoms with E-state index in [1.54, 1.807) is 0 Å². The van der Waals surface area contributed by atoms with Crippen LogP contribution in [0.4, 0.5) is 4.79 Å². The molecule has 0 radical (unpaired) electrons. The predicted molar refractivity (Wildman–Crippen MR) is 125 cm³/mol. The molecule has 1 fully saturated rings. The predicted octanol–water partition coefficient (Wildman–Crippen LogP) is 4.70. The van der Waals surface area contributed by atoms with Crippen LogP contribution in [0.2, 0.25) is 0 Å². The van der Waals surface area contributed by atoms with Crippen molar-refractivity contribution in [2.45, 2.75) is 57.7 Å². The van der Waals surface area contributed by atoms with Gasteiger partial charge < -0.3 is 20.4 Å². The molecule has 1 saturated carbocycles. The molecule has 1 aromatic heterocycles. The van der Waals surface area contributed by atoms with Crippen molar-refractivity contribution < 1.29 is 14.3 Å². The van der Waals surface area contributed by atoms with E-state index in [1.165, 1.54) is 6.42 Å². The lowest BCUT2D eigenvalue weighted by Gasteiger charge is -2.31. The molecule has 1 aliphatic carbocycles. The lowest BCUT2D eigenvalue weighted by Crippen LogP contribution is -2.52. The van der Waals surface area contributed by atoms with Gasteiger partial charge in [0.1, 0.15) is 12.6 Å². The van der Waals surface area contributed by atoms with Gasteiger partial charge >= 0.3 is 6.09 Å². The van der Waals surface area contributed by atoms with Crippen LogP contribution in [-0.2, 0) is 22.6 Å². The highest BCUT2D eigenvalue weighted by Gasteiger charge is 2.28. The van der Waals surface area contributed by atoms with Crippen LogP contribution in [0.25, 0.3) is 10.9 Å². The van der Waals surface area contributed by atoms with Crippen molar-refractivity contribution in [3.05, 3.63) is 71.9 Å². The molecular formula is C26H31N3O3. The molecule has 6 nitrogen and oxygen atoms in total. The van der Waals surface area contributed by atoms with Gasteiger partial charge in [0.05, 0.1) is 0 Å². The first-order valence-corrected chi connectivity index (χ1v) is 11.4. The van der Waals surface area contributed by atoms with Gasteiger partial charge in [0.15, 0.2) is 0 Å². The summed E-state index contributed by atoms with van der Waals surface area (Å²) in [5.41, 5.74) is 2.89. The minimum Gasteiger partial charge on any atom is -0.445 e. The number of nitrogens with one attached hydrogen (secondary N) is 3. The van der Waals surface area contributed by atoms with E-state index in [-0.39, 0.29) is 18.6 Å². The highest BCUT2D eigenvalue weighted by molar-refractivity contribution is 5.88. The van der Waals surface area contributed by atoms with Crippen molar-refractivity contribution in [3.63, 3.8) is 0 Å². The van der Waals surface area contributed by atoms with Crippen LogP contribution >= 0.6 is 0 Å². The molecule has 0 spiro atoms. The number of amides is 2. The fraction of sp³-hybridized carbons (Fsp3) is 0.385. The summed E-state index contributed by atoms with van der Waals surface area (Å²) < 4.78 is 5.39. The number of ether oxygens (including phenoxy) is 1. The monoisotopic (exact) mass is 433 g/mol. The number of hydrogen-bond acceptors (Lipinski definition) is 3. The van der Waals surface area contributed by atoms with Crippen LogP contribution < -0.4 is 10.6 Å². The Balaban J connectivity index is 1.46. The third-order valence-corrected chi connectivity index (χ3v) is 6.36. The molecule has 4 rings (SSSR count). The van der Waals surface area contributed by atoms with E-state index in [1.807, 2.05) is 60.8 Å². The van der Waals surface area contributed by atoms with Gasteiger partial charge in [-0.1, -0.05) is 68.3 Å². The molecule has 3 N–H and O–H groups in total. The van der Waals surface area contributed by atoms with Crippen LogP contribution in [0.3, 0.4) is 0 Å². The van der Waals surface area contributed by atoms with Crippen molar-refractivity contribution >= 4 is 22.9 Å². The standard InChI is InChI=1S/C26H31N3O3/c1-18-9-5-7-13-22(18)28-25(30)24(15-20-16-27-23-14-8-6-12-21(20)23)29-26(31)32-17-19-10-3-2-4-11-19/h2-4,6,8,10-12,14,16,18,22,24,27H,5,7,9,13,15,17H2,1H3,(H,28,30)(H,29,31)/t18-,22-,24+/m1/s1. The minimum absolute atomic E-state index is 0.142. The van der Waals surface area contributed by atoms with Gasteiger partial charge in [-0.05, 0) is 36.0 Å². The number of benzene rings is 2. The molecule has 32 heavy (non-hydrogen) atoms. The number of fused-ring (bicyclic) bond motifs is 1. The molecule has 3 atom stereocenters. The van der Waals surface area contributed by atoms with Crippen molar-refractivity contribution in [1.29, 1.82) is 0 Å². The highest BCUT2D eigenvalue weighted by atomic mass is 16.5. The number of para-hydroxylation sites is 1. The third kappa shape index (κ3) is 5.49. The Kier molecular flexibility index (Phi) is 7.10. The van der Waals surface area contributed by atoms with Crippen molar-refractivity contribution in [1.82, 2.24) is 15.6 Å². The minimum atomic E-state index is -0.716. The van der Waals surface area contributed by atoms with Crippen molar-refractivity contribution in [2.24, 2.45) is 5.92 Å². The van der Waals surface area contributed by atoms with E-state index >= 15 is 0 Å². The van der Waals surface area contributed by atoms with Gasteiger partial charge in [-0.2, -0.15) is 0 Å². The first-order chi connectivity index (χ1) is 15.6. The molecule has 0 bridgehead atoms. The molecule has 6 heteroatoms. The fourth-order valence-electron chi connectivity index (χ4n) is 4.45. The average Bonchev–Trinajstić information content (AvgIpc) is 3.22. The Hall–Kier alpha value is -3.28. The zero-order valence-electron chi connectivity index (χ0n) is 18.5. The van der Waals surface area contributed by atoms with E-state index < -0.39 is 12.1 Å². The third-order valence-electron chi connectivity index (χ3n) is 6.36. The lowest BCUT2D eigenvalue weighted by atomic mass is 9.85. The summed E-state index contributed by atoms with van der Waals surface area (Å²) >= 11 is 0. The second-order valence-electron chi connectivity index (χ2n) is 8.70. The topological polar surface area (TPSA) is 83.2 Å². The van der Waals surface area contributed by atoms with E-state index in [2.05, 4.69) is 22.5 Å². The molecule has 0 saturated heterocycles. The zero-order valence-corrected chi connectivity index (χ0v) is 18.5. The number of H-pyrrole nitrogens is 1. The summed E-state index contributed by atoms with van der Waals surface area (Å²) in [5.74, 6) is 0.275. The normalized spacial score (nSPS) is 19.3. The maximum Gasteiger partial charge on any atom is 0.408 e. The maximum absolute atomic E-state index is 13.2. The van der Waals surface area contributed by atoms with Gasteiger partial charge in [0.25, 0.3) is 0 Å². The molecule has 2 aromatic carbocycles. The van der Waals surface area contributed by atoms with Crippen molar-refractivity contribution in [2.75, 3.05) is 0 Å². The Morgan fingerprint density at radius 3 is 2.62 bits per heavy atom. The summed E-state index contributed by atoms with van der Waals surface area (Å²) in [6, 6.07) is 16.9. The van der Waals surface area contributed by atoms with E-state index in [0.29, 0.717) is 12.3 Å². The first kappa shape index (κ1) is 21.9. The van der Waals surface area contributed by atoms with Gasteiger partial charge in [0.2, 0.25) is 5.91 Å². The van der Waals surface area contributed by atoms with E-state index in [0.717, 1.165) is 41.3 Å². The molecule has 3 aromatic rings. The molecule has 1 aliphatic rings. The molecule has 0 aliphatic heterocycles. The first-order valence-electron chi connectivity index (χ1n) is 11.4. The number of alkyl carbamates (subject to hydrolysis) is 1. The van der Waals surface area contributed by atoms with Crippen LogP contribution in [0.5, 0.6) is 0 Å².